The van der Waals surface area contributed by atoms with E-state index in [-0.39, 0.29) is 18.2 Å². The standard InChI is InChI=1S/C12H17N3O2/c1-9(11-5-3-7-17-11)14-12(16)15-10-4-2-6-13-8-10/h2,4,6,8-9,11H,3,5,7H2,1H3,(H2,14,15,16)/t9-,11-/m0/s1. The summed E-state index contributed by atoms with van der Waals surface area (Å²) in [6, 6.07) is 3.37. The van der Waals surface area contributed by atoms with Crippen LogP contribution in [0.1, 0.15) is 19.8 Å². The van der Waals surface area contributed by atoms with Crippen molar-refractivity contribution in [3.63, 3.8) is 0 Å². The summed E-state index contributed by atoms with van der Waals surface area (Å²) < 4.78 is 5.51. The number of amides is 2. The Morgan fingerprint density at radius 3 is 3.18 bits per heavy atom. The molecule has 2 N–H and O–H groups in total. The molecule has 1 aliphatic heterocycles. The van der Waals surface area contributed by atoms with Gasteiger partial charge in [-0.25, -0.2) is 4.79 Å². The van der Waals surface area contributed by atoms with Gasteiger partial charge < -0.3 is 15.4 Å². The molecule has 1 aliphatic rings. The van der Waals surface area contributed by atoms with Gasteiger partial charge in [0.1, 0.15) is 0 Å². The largest absolute Gasteiger partial charge is 0.376 e. The SMILES string of the molecule is C[C@H](NC(=O)Nc1cccnc1)[C@@H]1CCCO1. The average molecular weight is 235 g/mol. The number of pyridine rings is 1. The lowest BCUT2D eigenvalue weighted by molar-refractivity contribution is 0.0868. The van der Waals surface area contributed by atoms with E-state index in [1.54, 1.807) is 24.5 Å². The van der Waals surface area contributed by atoms with Crippen molar-refractivity contribution in [2.45, 2.75) is 31.9 Å². The molecule has 2 atom stereocenters. The van der Waals surface area contributed by atoms with Gasteiger partial charge in [-0.1, -0.05) is 0 Å². The Morgan fingerprint density at radius 1 is 1.65 bits per heavy atom. The predicted molar refractivity (Wildman–Crippen MR) is 64.8 cm³/mol. The van der Waals surface area contributed by atoms with Crippen molar-refractivity contribution in [3.05, 3.63) is 24.5 Å². The fraction of sp³-hybridized carbons (Fsp3) is 0.500. The normalized spacial score (nSPS) is 20.9. The van der Waals surface area contributed by atoms with E-state index in [1.165, 1.54) is 0 Å². The molecule has 1 fully saturated rings. The molecule has 17 heavy (non-hydrogen) atoms. The second-order valence-corrected chi connectivity index (χ2v) is 4.18. The summed E-state index contributed by atoms with van der Waals surface area (Å²) in [5.74, 6) is 0. The van der Waals surface area contributed by atoms with Crippen LogP contribution in [0.2, 0.25) is 0 Å². The Bertz CT molecular complexity index is 363. The van der Waals surface area contributed by atoms with Crippen molar-refractivity contribution in [2.24, 2.45) is 0 Å². The zero-order valence-corrected chi connectivity index (χ0v) is 9.85. The number of hydrogen-bond donors (Lipinski definition) is 2. The molecule has 0 bridgehead atoms. The Balaban J connectivity index is 1.80. The van der Waals surface area contributed by atoms with E-state index in [0.717, 1.165) is 19.4 Å². The Kier molecular flexibility index (Phi) is 3.93. The van der Waals surface area contributed by atoms with E-state index in [2.05, 4.69) is 15.6 Å². The maximum atomic E-state index is 11.7. The molecule has 92 valence electrons. The molecule has 0 radical (unpaired) electrons. The molecule has 2 amide bonds. The number of aromatic nitrogens is 1. The van der Waals surface area contributed by atoms with Crippen LogP contribution in [-0.4, -0.2) is 29.8 Å². The smallest absolute Gasteiger partial charge is 0.319 e. The third-order valence-corrected chi connectivity index (χ3v) is 2.80. The monoisotopic (exact) mass is 235 g/mol. The molecule has 0 saturated carbocycles. The molecule has 0 spiro atoms. The van der Waals surface area contributed by atoms with Gasteiger partial charge in [0.25, 0.3) is 0 Å². The zero-order valence-electron chi connectivity index (χ0n) is 9.85. The molecular formula is C12H17N3O2. The van der Waals surface area contributed by atoms with Gasteiger partial charge in [0, 0.05) is 12.8 Å². The second-order valence-electron chi connectivity index (χ2n) is 4.18. The summed E-state index contributed by atoms with van der Waals surface area (Å²) in [5.41, 5.74) is 0.685. The number of hydrogen-bond acceptors (Lipinski definition) is 3. The first kappa shape index (κ1) is 11.9. The van der Waals surface area contributed by atoms with Gasteiger partial charge >= 0.3 is 6.03 Å². The van der Waals surface area contributed by atoms with Crippen molar-refractivity contribution in [1.29, 1.82) is 0 Å². The lowest BCUT2D eigenvalue weighted by Crippen LogP contribution is -2.42. The quantitative estimate of drug-likeness (QED) is 0.839. The first-order valence-corrected chi connectivity index (χ1v) is 5.85. The number of nitrogens with one attached hydrogen (secondary N) is 2. The van der Waals surface area contributed by atoms with Crippen LogP contribution in [-0.2, 0) is 4.74 Å². The molecule has 1 saturated heterocycles. The summed E-state index contributed by atoms with van der Waals surface area (Å²) in [4.78, 5) is 15.6. The van der Waals surface area contributed by atoms with Crippen LogP contribution in [0.5, 0.6) is 0 Å². The fourth-order valence-corrected chi connectivity index (χ4v) is 1.90. The van der Waals surface area contributed by atoms with E-state index in [1.807, 2.05) is 6.92 Å². The van der Waals surface area contributed by atoms with Gasteiger partial charge in [-0.15, -0.1) is 0 Å². The number of carbonyl (C=O) groups excluding carboxylic acids is 1. The van der Waals surface area contributed by atoms with Crippen molar-refractivity contribution in [3.8, 4) is 0 Å². The van der Waals surface area contributed by atoms with Crippen molar-refractivity contribution in [2.75, 3.05) is 11.9 Å². The van der Waals surface area contributed by atoms with Gasteiger partial charge in [0.2, 0.25) is 0 Å². The highest BCUT2D eigenvalue weighted by molar-refractivity contribution is 5.89. The summed E-state index contributed by atoms with van der Waals surface area (Å²) in [6.45, 7) is 2.75. The van der Waals surface area contributed by atoms with Gasteiger partial charge in [-0.2, -0.15) is 0 Å². The van der Waals surface area contributed by atoms with Crippen LogP contribution in [0.15, 0.2) is 24.5 Å². The lowest BCUT2D eigenvalue weighted by atomic mass is 10.1. The van der Waals surface area contributed by atoms with Crippen LogP contribution in [0.4, 0.5) is 10.5 Å². The molecule has 2 rings (SSSR count). The molecule has 1 aromatic rings. The Hall–Kier alpha value is -1.62. The van der Waals surface area contributed by atoms with E-state index >= 15 is 0 Å². The Morgan fingerprint density at radius 2 is 2.53 bits per heavy atom. The lowest BCUT2D eigenvalue weighted by Gasteiger charge is -2.20. The molecule has 2 heterocycles. The molecule has 5 heteroatoms. The van der Waals surface area contributed by atoms with E-state index in [0.29, 0.717) is 5.69 Å². The molecule has 0 aromatic carbocycles. The number of nitrogens with zero attached hydrogens (tertiary/aromatic N) is 1. The van der Waals surface area contributed by atoms with Crippen molar-refractivity contribution < 1.29 is 9.53 Å². The van der Waals surface area contributed by atoms with Crippen LogP contribution < -0.4 is 10.6 Å². The minimum atomic E-state index is -0.221. The van der Waals surface area contributed by atoms with Crippen LogP contribution in [0.25, 0.3) is 0 Å². The maximum Gasteiger partial charge on any atom is 0.319 e. The summed E-state index contributed by atoms with van der Waals surface area (Å²) >= 11 is 0. The predicted octanol–water partition coefficient (Wildman–Crippen LogP) is 1.77. The minimum Gasteiger partial charge on any atom is -0.376 e. The van der Waals surface area contributed by atoms with Crippen LogP contribution in [0, 0.1) is 0 Å². The van der Waals surface area contributed by atoms with Crippen LogP contribution >= 0.6 is 0 Å². The molecular weight excluding hydrogens is 218 g/mol. The summed E-state index contributed by atoms with van der Waals surface area (Å²) in [5, 5.41) is 5.60. The van der Waals surface area contributed by atoms with Gasteiger partial charge in [0.05, 0.1) is 24.0 Å². The summed E-state index contributed by atoms with van der Waals surface area (Å²) in [7, 11) is 0. The van der Waals surface area contributed by atoms with Crippen LogP contribution in [0.3, 0.4) is 0 Å². The highest BCUT2D eigenvalue weighted by Gasteiger charge is 2.23. The van der Waals surface area contributed by atoms with Crippen molar-refractivity contribution >= 4 is 11.7 Å². The highest BCUT2D eigenvalue weighted by atomic mass is 16.5. The van der Waals surface area contributed by atoms with Gasteiger partial charge in [-0.05, 0) is 31.9 Å². The van der Waals surface area contributed by atoms with Gasteiger partial charge in [0.15, 0.2) is 0 Å². The molecule has 5 nitrogen and oxygen atoms in total. The minimum absolute atomic E-state index is 0.0224. The second kappa shape index (κ2) is 5.63. The van der Waals surface area contributed by atoms with Crippen molar-refractivity contribution in [1.82, 2.24) is 10.3 Å². The third kappa shape index (κ3) is 3.42. The first-order valence-electron chi connectivity index (χ1n) is 5.85. The molecule has 0 aliphatic carbocycles. The number of urea groups is 1. The number of anilines is 1. The molecule has 1 aromatic heterocycles. The van der Waals surface area contributed by atoms with E-state index < -0.39 is 0 Å². The summed E-state index contributed by atoms with van der Waals surface area (Å²) in [6.07, 6.45) is 5.48. The first-order chi connectivity index (χ1) is 8.25. The third-order valence-electron chi connectivity index (χ3n) is 2.80. The van der Waals surface area contributed by atoms with E-state index in [4.69, 9.17) is 4.74 Å². The number of carbonyl (C=O) groups is 1. The fourth-order valence-electron chi connectivity index (χ4n) is 1.90. The van der Waals surface area contributed by atoms with Gasteiger partial charge in [-0.3, -0.25) is 4.98 Å². The average Bonchev–Trinajstić information content (AvgIpc) is 2.83. The number of ether oxygens (including phenoxy) is 1. The Labute approximate surface area is 101 Å². The number of rotatable bonds is 3. The topological polar surface area (TPSA) is 63.2 Å². The zero-order chi connectivity index (χ0) is 12.1. The maximum absolute atomic E-state index is 11.7. The van der Waals surface area contributed by atoms with E-state index in [9.17, 15) is 4.79 Å². The molecule has 0 unspecified atom stereocenters. The highest BCUT2D eigenvalue weighted by Crippen LogP contribution is 2.15.